The van der Waals surface area contributed by atoms with E-state index in [4.69, 9.17) is 15.2 Å². The van der Waals surface area contributed by atoms with E-state index in [0.717, 1.165) is 46.4 Å². The lowest BCUT2D eigenvalue weighted by Gasteiger charge is -2.30. The number of fused-ring (bicyclic) bond motifs is 1. The molecule has 2 aromatic carbocycles. The number of aliphatic hydroxyl groups is 1. The molecule has 1 saturated carbocycles. The Kier molecular flexibility index (Phi) is 6.00. The lowest BCUT2D eigenvalue weighted by Crippen LogP contribution is -2.29. The van der Waals surface area contributed by atoms with Crippen LogP contribution in [0.25, 0.3) is 22.2 Å². The van der Waals surface area contributed by atoms with Gasteiger partial charge in [0.05, 0.1) is 29.6 Å². The van der Waals surface area contributed by atoms with Crippen LogP contribution in [0.3, 0.4) is 0 Å². The van der Waals surface area contributed by atoms with Crippen molar-refractivity contribution in [3.63, 3.8) is 0 Å². The normalized spacial score (nSPS) is 18.6. The fourth-order valence-electron chi connectivity index (χ4n) is 4.85. The highest BCUT2D eigenvalue weighted by atomic mass is 16.5. The number of anilines is 1. The minimum absolute atomic E-state index is 0.0385. The molecule has 174 valence electrons. The van der Waals surface area contributed by atoms with Gasteiger partial charge in [0.15, 0.2) is 0 Å². The van der Waals surface area contributed by atoms with Gasteiger partial charge in [-0.05, 0) is 49.9 Å². The van der Waals surface area contributed by atoms with E-state index in [1.165, 1.54) is 6.42 Å². The zero-order valence-corrected chi connectivity index (χ0v) is 19.0. The molecule has 1 saturated heterocycles. The number of nitrogen functional groups attached to an aromatic ring is 1. The van der Waals surface area contributed by atoms with Crippen molar-refractivity contribution in [1.82, 2.24) is 9.47 Å². The van der Waals surface area contributed by atoms with Gasteiger partial charge >= 0.3 is 0 Å². The SMILES string of the molecule is COCCOc1ccc2c(N)c(-c3ccc(C(=O)N4CC[C@@H](O)C4)cc3)n(C3CCC3)c2c1. The third-order valence-corrected chi connectivity index (χ3v) is 6.87. The summed E-state index contributed by atoms with van der Waals surface area (Å²) < 4.78 is 13.3. The Morgan fingerprint density at radius 3 is 2.55 bits per heavy atom. The number of carbonyl (C=O) groups excluding carboxylic acids is 1. The van der Waals surface area contributed by atoms with E-state index < -0.39 is 6.10 Å². The average Bonchev–Trinajstić information content (AvgIpc) is 3.34. The molecule has 0 unspecified atom stereocenters. The maximum atomic E-state index is 12.8. The molecule has 2 heterocycles. The first kappa shape index (κ1) is 21.8. The van der Waals surface area contributed by atoms with Crippen molar-refractivity contribution < 1.29 is 19.4 Å². The number of nitrogens with zero attached hydrogens (tertiary/aromatic N) is 2. The molecule has 33 heavy (non-hydrogen) atoms. The Morgan fingerprint density at radius 2 is 1.91 bits per heavy atom. The summed E-state index contributed by atoms with van der Waals surface area (Å²) in [6.45, 7) is 2.03. The van der Waals surface area contributed by atoms with E-state index in [1.54, 1.807) is 12.0 Å². The van der Waals surface area contributed by atoms with E-state index in [9.17, 15) is 9.90 Å². The number of methoxy groups -OCH3 is 1. The number of ether oxygens (including phenoxy) is 2. The van der Waals surface area contributed by atoms with Crippen molar-refractivity contribution in [3.05, 3.63) is 48.0 Å². The largest absolute Gasteiger partial charge is 0.491 e. The number of hydrogen-bond donors (Lipinski definition) is 2. The van der Waals surface area contributed by atoms with Crippen molar-refractivity contribution in [2.45, 2.75) is 37.8 Å². The maximum absolute atomic E-state index is 12.8. The number of benzene rings is 2. The molecule has 1 amide bonds. The molecule has 7 heteroatoms. The monoisotopic (exact) mass is 449 g/mol. The minimum Gasteiger partial charge on any atom is -0.491 e. The summed E-state index contributed by atoms with van der Waals surface area (Å²) in [7, 11) is 1.66. The molecule has 1 aromatic heterocycles. The standard InChI is InChI=1S/C26H31N3O4/c1-32-13-14-33-21-9-10-22-23(15-21)29(19-3-2-4-19)25(24(22)27)17-5-7-18(8-6-17)26(31)28-12-11-20(30)16-28/h5-10,15,19-20,30H,2-4,11-14,16,27H2,1H3/t20-/m1/s1. The summed E-state index contributed by atoms with van der Waals surface area (Å²) in [5.74, 6) is 0.765. The molecule has 3 N–H and O–H groups in total. The van der Waals surface area contributed by atoms with Gasteiger partial charge in [-0.3, -0.25) is 4.79 Å². The molecule has 3 aromatic rings. The van der Waals surface area contributed by atoms with Crippen molar-refractivity contribution in [2.75, 3.05) is 39.1 Å². The molecule has 5 rings (SSSR count). The van der Waals surface area contributed by atoms with Gasteiger partial charge in [0, 0.05) is 48.8 Å². The Morgan fingerprint density at radius 1 is 1.12 bits per heavy atom. The number of β-amino-alcohol motifs (C(OH)–C–C–N with tert-alkyl or cyclic N) is 1. The molecule has 0 bridgehead atoms. The predicted octanol–water partition coefficient (Wildman–Crippen LogP) is 3.85. The number of aliphatic hydroxyl groups excluding tert-OH is 1. The zero-order valence-electron chi connectivity index (χ0n) is 19.0. The van der Waals surface area contributed by atoms with E-state index in [2.05, 4.69) is 10.6 Å². The summed E-state index contributed by atoms with van der Waals surface area (Å²) in [6, 6.07) is 14.2. The maximum Gasteiger partial charge on any atom is 0.253 e. The van der Waals surface area contributed by atoms with Crippen molar-refractivity contribution in [2.24, 2.45) is 0 Å². The third-order valence-electron chi connectivity index (χ3n) is 6.87. The van der Waals surface area contributed by atoms with E-state index in [1.807, 2.05) is 36.4 Å². The third kappa shape index (κ3) is 4.07. The van der Waals surface area contributed by atoms with Crippen LogP contribution in [0.4, 0.5) is 5.69 Å². The predicted molar refractivity (Wildman–Crippen MR) is 129 cm³/mol. The lowest BCUT2D eigenvalue weighted by molar-refractivity contribution is 0.0765. The van der Waals surface area contributed by atoms with Gasteiger partial charge < -0.3 is 29.8 Å². The first-order valence-corrected chi connectivity index (χ1v) is 11.7. The molecule has 1 atom stereocenters. The molecule has 0 spiro atoms. The van der Waals surface area contributed by atoms with Gasteiger partial charge in [-0.25, -0.2) is 0 Å². The van der Waals surface area contributed by atoms with E-state index in [0.29, 0.717) is 44.3 Å². The van der Waals surface area contributed by atoms with Crippen molar-refractivity contribution >= 4 is 22.5 Å². The molecule has 2 aliphatic rings. The first-order valence-electron chi connectivity index (χ1n) is 11.7. The average molecular weight is 450 g/mol. The summed E-state index contributed by atoms with van der Waals surface area (Å²) >= 11 is 0. The Balaban J connectivity index is 1.50. The number of nitrogens with two attached hydrogens (primary N) is 1. The van der Waals surface area contributed by atoms with Gasteiger partial charge in [0.2, 0.25) is 0 Å². The number of carbonyl (C=O) groups is 1. The van der Waals surface area contributed by atoms with Gasteiger partial charge in [-0.2, -0.15) is 0 Å². The van der Waals surface area contributed by atoms with Crippen LogP contribution in [-0.2, 0) is 4.74 Å². The fraction of sp³-hybridized carbons (Fsp3) is 0.423. The Hall–Kier alpha value is -3.03. The Bertz CT molecular complexity index is 1150. The minimum atomic E-state index is -0.422. The molecule has 7 nitrogen and oxygen atoms in total. The lowest BCUT2D eigenvalue weighted by atomic mass is 9.92. The highest BCUT2D eigenvalue weighted by molar-refractivity contribution is 6.02. The molecule has 0 radical (unpaired) electrons. The van der Waals surface area contributed by atoms with E-state index in [-0.39, 0.29) is 5.91 Å². The summed E-state index contributed by atoms with van der Waals surface area (Å²) in [5, 5.41) is 10.8. The summed E-state index contributed by atoms with van der Waals surface area (Å²) in [4.78, 5) is 14.5. The van der Waals surface area contributed by atoms with Crippen LogP contribution in [0.2, 0.25) is 0 Å². The number of likely N-dealkylation sites (tertiary alicyclic amines) is 1. The number of hydrogen-bond acceptors (Lipinski definition) is 5. The zero-order chi connectivity index (χ0) is 22.9. The molecule has 2 fully saturated rings. The molecular weight excluding hydrogens is 418 g/mol. The van der Waals surface area contributed by atoms with Gasteiger partial charge in [-0.15, -0.1) is 0 Å². The first-order chi connectivity index (χ1) is 16.1. The highest BCUT2D eigenvalue weighted by Gasteiger charge is 2.28. The van der Waals surface area contributed by atoms with Crippen LogP contribution < -0.4 is 10.5 Å². The van der Waals surface area contributed by atoms with Crippen LogP contribution in [0.5, 0.6) is 5.75 Å². The van der Waals surface area contributed by atoms with Crippen LogP contribution >= 0.6 is 0 Å². The second kappa shape index (κ2) is 9.08. The number of aromatic nitrogens is 1. The highest BCUT2D eigenvalue weighted by Crippen LogP contribution is 2.44. The van der Waals surface area contributed by atoms with Crippen LogP contribution in [0.15, 0.2) is 42.5 Å². The fourth-order valence-corrected chi connectivity index (χ4v) is 4.85. The summed E-state index contributed by atoms with van der Waals surface area (Å²) in [5.41, 5.74) is 11.1. The topological polar surface area (TPSA) is 90.0 Å². The Labute approximate surface area is 193 Å². The number of rotatable bonds is 7. The molecular formula is C26H31N3O4. The van der Waals surface area contributed by atoms with Crippen LogP contribution in [0.1, 0.15) is 42.1 Å². The quantitative estimate of drug-likeness (QED) is 0.535. The van der Waals surface area contributed by atoms with Crippen LogP contribution in [0, 0.1) is 0 Å². The summed E-state index contributed by atoms with van der Waals surface area (Å²) in [6.07, 6.45) is 3.68. The second-order valence-electron chi connectivity index (χ2n) is 9.01. The van der Waals surface area contributed by atoms with Gasteiger partial charge in [0.1, 0.15) is 12.4 Å². The van der Waals surface area contributed by atoms with Gasteiger partial charge in [0.25, 0.3) is 5.91 Å². The van der Waals surface area contributed by atoms with Crippen LogP contribution in [-0.4, -0.2) is 60.0 Å². The van der Waals surface area contributed by atoms with Crippen molar-refractivity contribution in [3.8, 4) is 17.0 Å². The molecule has 1 aliphatic heterocycles. The second-order valence-corrected chi connectivity index (χ2v) is 9.01. The van der Waals surface area contributed by atoms with E-state index >= 15 is 0 Å². The molecule has 1 aliphatic carbocycles. The number of amides is 1. The van der Waals surface area contributed by atoms with Crippen molar-refractivity contribution in [1.29, 1.82) is 0 Å². The smallest absolute Gasteiger partial charge is 0.253 e. The van der Waals surface area contributed by atoms with Gasteiger partial charge in [-0.1, -0.05) is 12.1 Å².